The third kappa shape index (κ3) is 5.36. The lowest BCUT2D eigenvalue weighted by Gasteiger charge is -2.12. The van der Waals surface area contributed by atoms with Gasteiger partial charge < -0.3 is 24.8 Å². The summed E-state index contributed by atoms with van der Waals surface area (Å²) in [5.41, 5.74) is 2.32. The lowest BCUT2D eigenvalue weighted by atomic mass is 10.1. The number of nitrogens with one attached hydrogen (secondary N) is 2. The van der Waals surface area contributed by atoms with Gasteiger partial charge in [0.25, 0.3) is 5.91 Å². The molecule has 1 aliphatic heterocycles. The van der Waals surface area contributed by atoms with Crippen LogP contribution >= 0.6 is 0 Å². The Morgan fingerprint density at radius 3 is 2.82 bits per heavy atom. The zero-order valence-corrected chi connectivity index (χ0v) is 16.4. The predicted molar refractivity (Wildman–Crippen MR) is 107 cm³/mol. The Hall–Kier alpha value is -2.80. The molecule has 1 unspecified atom stereocenters. The van der Waals surface area contributed by atoms with E-state index in [0.29, 0.717) is 30.2 Å². The lowest BCUT2D eigenvalue weighted by Crippen LogP contribution is -2.26. The van der Waals surface area contributed by atoms with Crippen molar-refractivity contribution >= 4 is 11.6 Å². The molecule has 1 amide bonds. The molecule has 1 saturated heterocycles. The molecule has 2 heterocycles. The highest BCUT2D eigenvalue weighted by atomic mass is 16.5. The van der Waals surface area contributed by atoms with Crippen molar-refractivity contribution in [3.63, 3.8) is 0 Å². The minimum absolute atomic E-state index is 0.193. The molecule has 0 saturated carbocycles. The molecule has 0 aliphatic carbocycles. The van der Waals surface area contributed by atoms with Crippen molar-refractivity contribution in [1.29, 1.82) is 0 Å². The third-order valence-corrected chi connectivity index (χ3v) is 4.70. The Bertz CT molecular complexity index is 791. The second-order valence-electron chi connectivity index (χ2n) is 6.64. The van der Waals surface area contributed by atoms with E-state index in [1.165, 1.54) is 0 Å². The minimum atomic E-state index is -0.193. The summed E-state index contributed by atoms with van der Waals surface area (Å²) in [5, 5.41) is 6.23. The van der Waals surface area contributed by atoms with Gasteiger partial charge in [-0.1, -0.05) is 6.07 Å². The van der Waals surface area contributed by atoms with E-state index >= 15 is 0 Å². The summed E-state index contributed by atoms with van der Waals surface area (Å²) in [6, 6.07) is 9.36. The molecule has 150 valence electrons. The van der Waals surface area contributed by atoms with Gasteiger partial charge in [-0.15, -0.1) is 0 Å². The molecule has 1 aromatic heterocycles. The van der Waals surface area contributed by atoms with Crippen LogP contribution in [0.25, 0.3) is 0 Å². The van der Waals surface area contributed by atoms with Crippen LogP contribution in [-0.2, 0) is 11.2 Å². The summed E-state index contributed by atoms with van der Waals surface area (Å²) in [7, 11) is 3.21. The van der Waals surface area contributed by atoms with Gasteiger partial charge in [0.05, 0.1) is 20.3 Å². The molecule has 28 heavy (non-hydrogen) atoms. The Labute approximate surface area is 165 Å². The number of pyridine rings is 1. The summed E-state index contributed by atoms with van der Waals surface area (Å²) < 4.78 is 16.2. The summed E-state index contributed by atoms with van der Waals surface area (Å²) in [5.74, 6) is 1.17. The molecule has 0 bridgehead atoms. The summed E-state index contributed by atoms with van der Waals surface area (Å²) >= 11 is 0. The Morgan fingerprint density at radius 2 is 2.07 bits per heavy atom. The van der Waals surface area contributed by atoms with Crippen molar-refractivity contribution in [2.24, 2.45) is 0 Å². The maximum Gasteiger partial charge on any atom is 0.269 e. The van der Waals surface area contributed by atoms with Crippen LogP contribution in [0, 0.1) is 0 Å². The van der Waals surface area contributed by atoms with Crippen LogP contribution in [0.3, 0.4) is 0 Å². The van der Waals surface area contributed by atoms with Gasteiger partial charge in [-0.2, -0.15) is 0 Å². The van der Waals surface area contributed by atoms with Crippen molar-refractivity contribution in [3.05, 3.63) is 47.8 Å². The number of rotatable bonds is 9. The molecule has 2 aromatic rings. The van der Waals surface area contributed by atoms with Gasteiger partial charge in [0, 0.05) is 31.6 Å². The molecular weight excluding hydrogens is 358 g/mol. The van der Waals surface area contributed by atoms with E-state index in [2.05, 4.69) is 15.6 Å². The molecule has 2 N–H and O–H groups in total. The predicted octanol–water partition coefficient (Wildman–Crippen LogP) is 2.66. The average molecular weight is 385 g/mol. The first-order valence-electron chi connectivity index (χ1n) is 9.50. The van der Waals surface area contributed by atoms with Crippen molar-refractivity contribution in [1.82, 2.24) is 10.3 Å². The van der Waals surface area contributed by atoms with Gasteiger partial charge in [0.15, 0.2) is 11.5 Å². The maximum atomic E-state index is 12.4. The molecule has 7 heteroatoms. The fourth-order valence-corrected chi connectivity index (χ4v) is 3.15. The van der Waals surface area contributed by atoms with E-state index in [0.717, 1.165) is 37.2 Å². The van der Waals surface area contributed by atoms with Crippen LogP contribution in [0.15, 0.2) is 36.5 Å². The second-order valence-corrected chi connectivity index (χ2v) is 6.64. The highest BCUT2D eigenvalue weighted by Gasteiger charge is 2.15. The SMILES string of the molecule is COc1ccc(CCNC(=O)c2cc(NCC3CCCO3)ccn2)cc1OC. The topological polar surface area (TPSA) is 81.7 Å². The quantitative estimate of drug-likeness (QED) is 0.691. The molecule has 1 aliphatic rings. The van der Waals surface area contributed by atoms with Gasteiger partial charge in [-0.3, -0.25) is 9.78 Å². The van der Waals surface area contributed by atoms with E-state index in [1.807, 2.05) is 24.3 Å². The number of aromatic nitrogens is 1. The Kier molecular flexibility index (Phi) is 7.08. The first kappa shape index (κ1) is 19.9. The fraction of sp³-hybridized carbons (Fsp3) is 0.429. The number of amides is 1. The fourth-order valence-electron chi connectivity index (χ4n) is 3.15. The zero-order valence-electron chi connectivity index (χ0n) is 16.4. The number of hydrogen-bond acceptors (Lipinski definition) is 6. The van der Waals surface area contributed by atoms with Gasteiger partial charge in [-0.05, 0) is 49.1 Å². The molecule has 1 aromatic carbocycles. The van der Waals surface area contributed by atoms with Crippen LogP contribution in [-0.4, -0.2) is 50.9 Å². The van der Waals surface area contributed by atoms with Crippen molar-refractivity contribution in [3.8, 4) is 11.5 Å². The number of hydrogen-bond donors (Lipinski definition) is 2. The number of methoxy groups -OCH3 is 2. The Balaban J connectivity index is 1.50. The monoisotopic (exact) mass is 385 g/mol. The van der Waals surface area contributed by atoms with Gasteiger partial charge in [0.2, 0.25) is 0 Å². The van der Waals surface area contributed by atoms with E-state index in [4.69, 9.17) is 14.2 Å². The summed E-state index contributed by atoms with van der Waals surface area (Å²) in [6.45, 7) is 2.07. The molecule has 7 nitrogen and oxygen atoms in total. The molecule has 1 atom stereocenters. The highest BCUT2D eigenvalue weighted by molar-refractivity contribution is 5.93. The van der Waals surface area contributed by atoms with E-state index in [1.54, 1.807) is 26.5 Å². The normalized spacial score (nSPS) is 15.9. The van der Waals surface area contributed by atoms with Crippen molar-refractivity contribution in [2.75, 3.05) is 39.2 Å². The largest absolute Gasteiger partial charge is 0.493 e. The van der Waals surface area contributed by atoms with Crippen LogP contribution < -0.4 is 20.1 Å². The van der Waals surface area contributed by atoms with Gasteiger partial charge >= 0.3 is 0 Å². The first-order valence-corrected chi connectivity index (χ1v) is 9.50. The lowest BCUT2D eigenvalue weighted by molar-refractivity contribution is 0.0949. The van der Waals surface area contributed by atoms with E-state index < -0.39 is 0 Å². The number of benzene rings is 1. The van der Waals surface area contributed by atoms with Gasteiger partial charge in [-0.25, -0.2) is 0 Å². The smallest absolute Gasteiger partial charge is 0.269 e. The molecule has 3 rings (SSSR count). The minimum Gasteiger partial charge on any atom is -0.493 e. The van der Waals surface area contributed by atoms with Gasteiger partial charge in [0.1, 0.15) is 5.69 Å². The molecule has 0 spiro atoms. The van der Waals surface area contributed by atoms with Crippen LogP contribution in [0.5, 0.6) is 11.5 Å². The number of carbonyl (C=O) groups excluding carboxylic acids is 1. The van der Waals surface area contributed by atoms with E-state index in [9.17, 15) is 4.79 Å². The maximum absolute atomic E-state index is 12.4. The van der Waals surface area contributed by atoms with Crippen LogP contribution in [0.4, 0.5) is 5.69 Å². The number of carbonyl (C=O) groups is 1. The second kappa shape index (κ2) is 9.94. The van der Waals surface area contributed by atoms with Crippen molar-refractivity contribution in [2.45, 2.75) is 25.4 Å². The molecule has 1 fully saturated rings. The van der Waals surface area contributed by atoms with E-state index in [-0.39, 0.29) is 12.0 Å². The molecular formula is C21H27N3O4. The molecule has 0 radical (unpaired) electrons. The number of ether oxygens (including phenoxy) is 3. The Morgan fingerprint density at radius 1 is 1.21 bits per heavy atom. The first-order chi connectivity index (χ1) is 13.7. The zero-order chi connectivity index (χ0) is 19.8. The summed E-state index contributed by atoms with van der Waals surface area (Å²) in [4.78, 5) is 16.6. The van der Waals surface area contributed by atoms with Crippen LogP contribution in [0.2, 0.25) is 0 Å². The standard InChI is InChI=1S/C21H27N3O4/c1-26-19-6-5-15(12-20(19)27-2)7-9-23-21(25)18-13-16(8-10-22-18)24-14-17-4-3-11-28-17/h5-6,8,10,12-13,17H,3-4,7,9,11,14H2,1-2H3,(H,22,24)(H,23,25). The number of anilines is 1. The summed E-state index contributed by atoms with van der Waals surface area (Å²) in [6.07, 6.45) is 4.74. The van der Waals surface area contributed by atoms with Crippen molar-refractivity contribution < 1.29 is 19.0 Å². The third-order valence-electron chi connectivity index (χ3n) is 4.70. The number of nitrogens with zero attached hydrogens (tertiary/aromatic N) is 1. The van der Waals surface area contributed by atoms with Crippen LogP contribution in [0.1, 0.15) is 28.9 Å². The highest BCUT2D eigenvalue weighted by Crippen LogP contribution is 2.27. The average Bonchev–Trinajstić information content (AvgIpc) is 3.26.